The Balaban J connectivity index is 3.21. The second-order valence-electron chi connectivity index (χ2n) is 3.93. The van der Waals surface area contributed by atoms with Gasteiger partial charge in [-0.25, -0.2) is 0 Å². The Morgan fingerprint density at radius 2 is 1.77 bits per heavy atom. The first-order valence-corrected chi connectivity index (χ1v) is 6.03. The van der Waals surface area contributed by atoms with Crippen LogP contribution >= 0.6 is 12.6 Å². The highest BCUT2D eigenvalue weighted by Gasteiger charge is 2.10. The zero-order chi connectivity index (χ0) is 10.1. The molecule has 2 unspecified atom stereocenters. The van der Waals surface area contributed by atoms with Gasteiger partial charge in [-0.1, -0.05) is 46.0 Å². The second kappa shape index (κ2) is 8.89. The maximum absolute atomic E-state index is 8.90. The van der Waals surface area contributed by atoms with E-state index in [9.17, 15) is 0 Å². The predicted octanol–water partition coefficient (Wildman–Crippen LogP) is 3.27. The lowest BCUT2D eigenvalue weighted by atomic mass is 10.0. The zero-order valence-electron chi connectivity index (χ0n) is 9.00. The molecule has 0 radical (unpaired) electrons. The first kappa shape index (κ1) is 13.3. The van der Waals surface area contributed by atoms with Crippen molar-refractivity contribution in [3.05, 3.63) is 0 Å². The molecule has 0 heterocycles. The highest BCUT2D eigenvalue weighted by molar-refractivity contribution is 7.81. The van der Waals surface area contributed by atoms with Crippen molar-refractivity contribution in [3.63, 3.8) is 0 Å². The predicted molar refractivity (Wildman–Crippen MR) is 62.4 cm³/mol. The van der Waals surface area contributed by atoms with E-state index < -0.39 is 0 Å². The summed E-state index contributed by atoms with van der Waals surface area (Å²) in [5.41, 5.74) is 0. The average molecular weight is 204 g/mol. The molecule has 0 aliphatic heterocycles. The Bertz CT molecular complexity index is 106. The second-order valence-corrected chi connectivity index (χ2v) is 4.59. The lowest BCUT2D eigenvalue weighted by Gasteiger charge is -2.16. The first-order valence-electron chi connectivity index (χ1n) is 5.51. The van der Waals surface area contributed by atoms with Crippen LogP contribution in [0.2, 0.25) is 0 Å². The fourth-order valence-electron chi connectivity index (χ4n) is 1.36. The number of unbranched alkanes of at least 4 members (excludes halogenated alkanes) is 4. The van der Waals surface area contributed by atoms with E-state index in [0.717, 1.165) is 6.42 Å². The van der Waals surface area contributed by atoms with Gasteiger partial charge in [-0.15, -0.1) is 0 Å². The molecule has 0 aliphatic carbocycles. The van der Waals surface area contributed by atoms with Crippen LogP contribution in [0.15, 0.2) is 0 Å². The van der Waals surface area contributed by atoms with Crippen molar-refractivity contribution < 1.29 is 5.11 Å². The molecule has 2 heteroatoms. The van der Waals surface area contributed by atoms with Crippen LogP contribution < -0.4 is 0 Å². The number of aliphatic hydroxyl groups excluding tert-OH is 1. The van der Waals surface area contributed by atoms with Crippen LogP contribution in [0.5, 0.6) is 0 Å². The van der Waals surface area contributed by atoms with Crippen molar-refractivity contribution in [1.29, 1.82) is 0 Å². The van der Waals surface area contributed by atoms with E-state index >= 15 is 0 Å². The third-order valence-electron chi connectivity index (χ3n) is 2.55. The zero-order valence-corrected chi connectivity index (χ0v) is 9.89. The number of hydrogen-bond donors (Lipinski definition) is 2. The van der Waals surface area contributed by atoms with Crippen LogP contribution in [-0.4, -0.2) is 17.0 Å². The van der Waals surface area contributed by atoms with Crippen molar-refractivity contribution in [2.75, 3.05) is 6.61 Å². The fraction of sp³-hybridized carbons (Fsp3) is 1.00. The van der Waals surface area contributed by atoms with Gasteiger partial charge in [0, 0.05) is 11.9 Å². The Labute approximate surface area is 88.3 Å². The van der Waals surface area contributed by atoms with E-state index in [0.29, 0.717) is 11.2 Å². The molecule has 0 fully saturated rings. The monoisotopic (exact) mass is 204 g/mol. The van der Waals surface area contributed by atoms with E-state index in [4.69, 9.17) is 5.11 Å². The maximum atomic E-state index is 8.90. The van der Waals surface area contributed by atoms with Gasteiger partial charge in [0.25, 0.3) is 0 Å². The van der Waals surface area contributed by atoms with Crippen molar-refractivity contribution in [2.24, 2.45) is 5.92 Å². The maximum Gasteiger partial charge on any atom is 0.0467 e. The molecule has 1 nitrogen and oxygen atoms in total. The smallest absolute Gasteiger partial charge is 0.0467 e. The summed E-state index contributed by atoms with van der Waals surface area (Å²) in [5, 5.41) is 9.28. The van der Waals surface area contributed by atoms with Crippen LogP contribution in [-0.2, 0) is 0 Å². The molecule has 0 aromatic carbocycles. The normalized spacial score (nSPS) is 15.7. The van der Waals surface area contributed by atoms with Gasteiger partial charge in [0.15, 0.2) is 0 Å². The molecule has 80 valence electrons. The lowest BCUT2D eigenvalue weighted by molar-refractivity contribution is 0.231. The van der Waals surface area contributed by atoms with Gasteiger partial charge in [-0.2, -0.15) is 12.6 Å². The molecule has 0 amide bonds. The molecule has 0 saturated heterocycles. The largest absolute Gasteiger partial charge is 0.396 e. The van der Waals surface area contributed by atoms with Crippen molar-refractivity contribution in [1.82, 2.24) is 0 Å². The molecule has 13 heavy (non-hydrogen) atoms. The minimum Gasteiger partial charge on any atom is -0.396 e. The molecule has 0 aromatic rings. The molecule has 0 aromatic heterocycles. The van der Waals surface area contributed by atoms with Crippen LogP contribution in [0.1, 0.15) is 52.4 Å². The quantitative estimate of drug-likeness (QED) is 0.459. The molecule has 0 saturated carbocycles. The average Bonchev–Trinajstić information content (AvgIpc) is 2.16. The van der Waals surface area contributed by atoms with Crippen LogP contribution in [0.3, 0.4) is 0 Å². The summed E-state index contributed by atoms with van der Waals surface area (Å²) < 4.78 is 0. The standard InChI is InChI=1S/C11H24OS/c1-3-4-5-6-7-8-11(13)10(2)9-12/h10-13H,3-9H2,1-2H3. The molecule has 0 spiro atoms. The third-order valence-corrected chi connectivity index (χ3v) is 3.32. The van der Waals surface area contributed by atoms with Gasteiger partial charge >= 0.3 is 0 Å². The summed E-state index contributed by atoms with van der Waals surface area (Å²) in [4.78, 5) is 0. The first-order chi connectivity index (χ1) is 6.22. The van der Waals surface area contributed by atoms with Gasteiger partial charge in [0.1, 0.15) is 0 Å². The minimum absolute atomic E-state index is 0.267. The van der Waals surface area contributed by atoms with Crippen molar-refractivity contribution in [3.8, 4) is 0 Å². The Morgan fingerprint density at radius 1 is 1.15 bits per heavy atom. The Hall–Kier alpha value is 0.310. The summed E-state index contributed by atoms with van der Waals surface area (Å²) in [6, 6.07) is 0. The van der Waals surface area contributed by atoms with Gasteiger partial charge in [-0.05, 0) is 12.3 Å². The van der Waals surface area contributed by atoms with E-state index in [1.165, 1.54) is 32.1 Å². The number of hydrogen-bond acceptors (Lipinski definition) is 2. The molecule has 0 aliphatic rings. The highest BCUT2D eigenvalue weighted by Crippen LogP contribution is 2.17. The molecule has 1 N–H and O–H groups in total. The summed E-state index contributed by atoms with van der Waals surface area (Å²) in [6.07, 6.45) is 7.74. The van der Waals surface area contributed by atoms with Crippen molar-refractivity contribution in [2.45, 2.75) is 57.6 Å². The van der Waals surface area contributed by atoms with E-state index in [2.05, 4.69) is 26.5 Å². The number of rotatable bonds is 8. The van der Waals surface area contributed by atoms with Crippen LogP contribution in [0.4, 0.5) is 0 Å². The fourth-order valence-corrected chi connectivity index (χ4v) is 1.64. The topological polar surface area (TPSA) is 20.2 Å². The third kappa shape index (κ3) is 7.39. The van der Waals surface area contributed by atoms with Gasteiger partial charge in [0.05, 0.1) is 0 Å². The van der Waals surface area contributed by atoms with Crippen molar-refractivity contribution >= 4 is 12.6 Å². The molecule has 2 atom stereocenters. The van der Waals surface area contributed by atoms with Gasteiger partial charge in [-0.3, -0.25) is 0 Å². The minimum atomic E-state index is 0.267. The van der Waals surface area contributed by atoms with E-state index in [-0.39, 0.29) is 6.61 Å². The van der Waals surface area contributed by atoms with Crippen LogP contribution in [0, 0.1) is 5.92 Å². The number of thiol groups is 1. The lowest BCUT2D eigenvalue weighted by Crippen LogP contribution is -2.15. The Kier molecular flexibility index (Phi) is 9.10. The summed E-state index contributed by atoms with van der Waals surface area (Å²) in [6.45, 7) is 4.56. The highest BCUT2D eigenvalue weighted by atomic mass is 32.1. The summed E-state index contributed by atoms with van der Waals surface area (Å²) in [5.74, 6) is 0.342. The molecule has 0 rings (SSSR count). The number of aliphatic hydroxyl groups is 1. The summed E-state index contributed by atoms with van der Waals surface area (Å²) in [7, 11) is 0. The van der Waals surface area contributed by atoms with E-state index in [1.54, 1.807) is 0 Å². The van der Waals surface area contributed by atoms with E-state index in [1.807, 2.05) is 0 Å². The molecule has 0 bridgehead atoms. The SMILES string of the molecule is CCCCCCCC(S)C(C)CO. The Morgan fingerprint density at radius 3 is 2.31 bits per heavy atom. The molecular formula is C11H24OS. The van der Waals surface area contributed by atoms with Gasteiger partial charge in [0.2, 0.25) is 0 Å². The van der Waals surface area contributed by atoms with Gasteiger partial charge < -0.3 is 5.11 Å². The summed E-state index contributed by atoms with van der Waals surface area (Å²) >= 11 is 4.47. The molecular weight excluding hydrogens is 180 g/mol. The van der Waals surface area contributed by atoms with Crippen LogP contribution in [0.25, 0.3) is 0 Å².